The number of ether oxygens (including phenoxy) is 1. The highest BCUT2D eigenvalue weighted by Gasteiger charge is 2.48. The lowest BCUT2D eigenvalue weighted by atomic mass is 9.91. The van der Waals surface area contributed by atoms with Gasteiger partial charge in [-0.1, -0.05) is 23.2 Å². The third-order valence-electron chi connectivity index (χ3n) is 2.64. The number of carbonyl (C=O) groups is 1. The van der Waals surface area contributed by atoms with Crippen molar-refractivity contribution in [2.75, 3.05) is 0 Å². The molecular weight excluding hydrogens is 265 g/mol. The average molecular weight is 274 g/mol. The average Bonchev–Trinajstić information content (AvgIpc) is 2.47. The standard InChI is InChI=1S/C11H9Cl2NO3/c1-11(9(16)8(15)10(14)17-11)6-4-5(12)2-3-7(6)13/h2-4,15H,14H2,1H3. The highest BCUT2D eigenvalue weighted by atomic mass is 35.5. The number of hydrogen-bond acceptors (Lipinski definition) is 4. The van der Waals surface area contributed by atoms with Gasteiger partial charge in [-0.05, 0) is 25.1 Å². The molecule has 4 nitrogen and oxygen atoms in total. The van der Waals surface area contributed by atoms with Crippen LogP contribution in [0.5, 0.6) is 0 Å². The molecule has 90 valence electrons. The molecule has 0 aromatic heterocycles. The van der Waals surface area contributed by atoms with Crippen LogP contribution in [0.2, 0.25) is 10.0 Å². The summed E-state index contributed by atoms with van der Waals surface area (Å²) in [6, 6.07) is 4.65. The Kier molecular flexibility index (Phi) is 2.72. The van der Waals surface area contributed by atoms with Crippen molar-refractivity contribution in [3.63, 3.8) is 0 Å². The number of nitrogens with two attached hydrogens (primary N) is 1. The second-order valence-corrected chi connectivity index (χ2v) is 4.65. The first-order valence-corrected chi connectivity index (χ1v) is 5.50. The Labute approximate surface area is 108 Å². The maximum atomic E-state index is 11.9. The maximum Gasteiger partial charge on any atom is 0.250 e. The van der Waals surface area contributed by atoms with Gasteiger partial charge >= 0.3 is 0 Å². The molecule has 6 heteroatoms. The van der Waals surface area contributed by atoms with Gasteiger partial charge in [0.1, 0.15) is 0 Å². The van der Waals surface area contributed by atoms with Crippen molar-refractivity contribution in [1.29, 1.82) is 0 Å². The van der Waals surface area contributed by atoms with E-state index < -0.39 is 17.1 Å². The van der Waals surface area contributed by atoms with Gasteiger partial charge in [0.25, 0.3) is 5.78 Å². The van der Waals surface area contributed by atoms with Gasteiger partial charge in [0.05, 0.1) is 0 Å². The quantitative estimate of drug-likeness (QED) is 0.825. The Morgan fingerprint density at radius 1 is 1.41 bits per heavy atom. The molecule has 0 amide bonds. The number of aliphatic hydroxyl groups is 1. The summed E-state index contributed by atoms with van der Waals surface area (Å²) in [4.78, 5) is 11.9. The summed E-state index contributed by atoms with van der Waals surface area (Å²) in [7, 11) is 0. The van der Waals surface area contributed by atoms with E-state index in [2.05, 4.69) is 0 Å². The Morgan fingerprint density at radius 3 is 2.59 bits per heavy atom. The number of aliphatic hydroxyl groups excluding tert-OH is 1. The lowest BCUT2D eigenvalue weighted by Gasteiger charge is -2.24. The van der Waals surface area contributed by atoms with Crippen LogP contribution in [0.3, 0.4) is 0 Å². The third kappa shape index (κ3) is 1.73. The Balaban J connectivity index is 2.55. The fourth-order valence-corrected chi connectivity index (χ4v) is 2.16. The summed E-state index contributed by atoms with van der Waals surface area (Å²) in [5.41, 5.74) is 4.31. The van der Waals surface area contributed by atoms with Crippen LogP contribution in [0.15, 0.2) is 29.8 Å². The number of Topliss-reactive ketones (excluding diaryl/α,β-unsaturated/α-hetero) is 1. The van der Waals surface area contributed by atoms with Crippen LogP contribution in [-0.2, 0) is 15.1 Å². The number of halogens is 2. The Morgan fingerprint density at radius 2 is 2.06 bits per heavy atom. The van der Waals surface area contributed by atoms with Crippen molar-refractivity contribution >= 4 is 29.0 Å². The van der Waals surface area contributed by atoms with Crippen molar-refractivity contribution in [3.8, 4) is 0 Å². The number of rotatable bonds is 1. The van der Waals surface area contributed by atoms with E-state index in [1.165, 1.54) is 13.0 Å². The zero-order valence-corrected chi connectivity index (χ0v) is 10.3. The van der Waals surface area contributed by atoms with E-state index in [0.717, 1.165) is 0 Å². The van der Waals surface area contributed by atoms with Gasteiger partial charge in [0, 0.05) is 15.6 Å². The summed E-state index contributed by atoms with van der Waals surface area (Å²) in [6.07, 6.45) is 0. The van der Waals surface area contributed by atoms with Gasteiger partial charge in [-0.25, -0.2) is 0 Å². The van der Waals surface area contributed by atoms with Crippen LogP contribution < -0.4 is 5.73 Å². The molecule has 1 heterocycles. The summed E-state index contributed by atoms with van der Waals surface area (Å²) >= 11 is 11.8. The molecule has 0 saturated heterocycles. The van der Waals surface area contributed by atoms with E-state index in [0.29, 0.717) is 15.6 Å². The van der Waals surface area contributed by atoms with Crippen LogP contribution in [0.1, 0.15) is 12.5 Å². The highest BCUT2D eigenvalue weighted by Crippen LogP contribution is 2.40. The first kappa shape index (κ1) is 12.1. The van der Waals surface area contributed by atoms with E-state index in [9.17, 15) is 9.90 Å². The molecule has 1 aliphatic heterocycles. The van der Waals surface area contributed by atoms with Crippen molar-refractivity contribution in [2.45, 2.75) is 12.5 Å². The van der Waals surface area contributed by atoms with Crippen molar-refractivity contribution in [2.24, 2.45) is 5.73 Å². The van der Waals surface area contributed by atoms with Gasteiger partial charge in [0.15, 0.2) is 0 Å². The van der Waals surface area contributed by atoms with Crippen LogP contribution in [0.4, 0.5) is 0 Å². The Hall–Kier alpha value is -1.39. The summed E-state index contributed by atoms with van der Waals surface area (Å²) in [6.45, 7) is 1.48. The highest BCUT2D eigenvalue weighted by molar-refractivity contribution is 6.34. The second kappa shape index (κ2) is 3.82. The molecule has 17 heavy (non-hydrogen) atoms. The zero-order valence-electron chi connectivity index (χ0n) is 8.83. The normalized spacial score (nSPS) is 24.1. The molecule has 0 bridgehead atoms. The molecule has 1 atom stereocenters. The zero-order chi connectivity index (χ0) is 12.8. The molecule has 1 aromatic rings. The molecule has 0 spiro atoms. The second-order valence-electron chi connectivity index (χ2n) is 3.80. The van der Waals surface area contributed by atoms with Crippen LogP contribution in [0.25, 0.3) is 0 Å². The van der Waals surface area contributed by atoms with Crippen molar-refractivity contribution in [3.05, 3.63) is 45.5 Å². The van der Waals surface area contributed by atoms with Crippen molar-refractivity contribution < 1.29 is 14.6 Å². The molecular formula is C11H9Cl2NO3. The molecule has 2 rings (SSSR count). The van der Waals surface area contributed by atoms with E-state index in [1.807, 2.05) is 0 Å². The van der Waals surface area contributed by atoms with Gasteiger partial charge in [-0.2, -0.15) is 0 Å². The first-order valence-electron chi connectivity index (χ1n) is 4.74. The van der Waals surface area contributed by atoms with Crippen LogP contribution in [-0.4, -0.2) is 10.9 Å². The lowest BCUT2D eigenvalue weighted by molar-refractivity contribution is -0.131. The van der Waals surface area contributed by atoms with E-state index in [1.54, 1.807) is 12.1 Å². The fourth-order valence-electron chi connectivity index (χ4n) is 1.69. The largest absolute Gasteiger partial charge is 0.501 e. The first-order chi connectivity index (χ1) is 7.86. The third-order valence-corrected chi connectivity index (χ3v) is 3.20. The Bertz CT molecular complexity index is 542. The predicted octanol–water partition coefficient (Wildman–Crippen LogP) is 2.49. The summed E-state index contributed by atoms with van der Waals surface area (Å²) < 4.78 is 5.21. The monoisotopic (exact) mass is 273 g/mol. The predicted molar refractivity (Wildman–Crippen MR) is 63.7 cm³/mol. The van der Waals surface area contributed by atoms with Crippen molar-refractivity contribution in [1.82, 2.24) is 0 Å². The minimum absolute atomic E-state index is 0.312. The number of hydrogen-bond donors (Lipinski definition) is 2. The lowest BCUT2D eigenvalue weighted by Crippen LogP contribution is -2.31. The van der Waals surface area contributed by atoms with E-state index in [-0.39, 0.29) is 5.88 Å². The molecule has 1 aromatic carbocycles. The fraction of sp³-hybridized carbons (Fsp3) is 0.182. The minimum atomic E-state index is -1.43. The number of ketones is 1. The molecule has 1 aliphatic rings. The molecule has 0 radical (unpaired) electrons. The molecule has 3 N–H and O–H groups in total. The molecule has 0 fully saturated rings. The van der Waals surface area contributed by atoms with Gasteiger partial charge in [-0.3, -0.25) is 4.79 Å². The number of benzene rings is 1. The summed E-state index contributed by atoms with van der Waals surface area (Å²) in [5, 5.41) is 10.1. The molecule has 0 aliphatic carbocycles. The van der Waals surface area contributed by atoms with Gasteiger partial charge in [-0.15, -0.1) is 0 Å². The van der Waals surface area contributed by atoms with Crippen LogP contribution in [0, 0.1) is 0 Å². The summed E-state index contributed by atoms with van der Waals surface area (Å²) in [5.74, 6) is -1.55. The minimum Gasteiger partial charge on any atom is -0.501 e. The van der Waals surface area contributed by atoms with Gasteiger partial charge in [0.2, 0.25) is 17.2 Å². The maximum absolute atomic E-state index is 11.9. The SMILES string of the molecule is CC1(c2cc(Cl)ccc2Cl)OC(N)=C(O)C1=O. The smallest absolute Gasteiger partial charge is 0.250 e. The number of carbonyl (C=O) groups excluding carboxylic acids is 1. The van der Waals surface area contributed by atoms with E-state index >= 15 is 0 Å². The molecule has 0 saturated carbocycles. The van der Waals surface area contributed by atoms with E-state index in [4.69, 9.17) is 33.7 Å². The van der Waals surface area contributed by atoms with Crippen LogP contribution >= 0.6 is 23.2 Å². The molecule has 1 unspecified atom stereocenters. The topological polar surface area (TPSA) is 72.6 Å². The van der Waals surface area contributed by atoms with Gasteiger partial charge < -0.3 is 15.6 Å².